The number of anilines is 2. The number of allylic oxidation sites excluding steroid dienone is 6. The lowest BCUT2D eigenvalue weighted by molar-refractivity contribution is 0.171. The molecule has 138 valence electrons. The van der Waals surface area contributed by atoms with Gasteiger partial charge in [0, 0.05) is 11.8 Å². The summed E-state index contributed by atoms with van der Waals surface area (Å²) in [5, 5.41) is 12.7. The highest BCUT2D eigenvalue weighted by Crippen LogP contribution is 2.32. The lowest BCUT2D eigenvalue weighted by Gasteiger charge is -2.19. The topological polar surface area (TPSA) is 88.3 Å². The molecule has 27 heavy (non-hydrogen) atoms. The van der Waals surface area contributed by atoms with Crippen molar-refractivity contribution in [2.24, 2.45) is 0 Å². The number of nitrogens with one attached hydrogen (secondary N) is 3. The summed E-state index contributed by atoms with van der Waals surface area (Å²) in [6, 6.07) is 4.95. The van der Waals surface area contributed by atoms with Crippen LogP contribution in [-0.4, -0.2) is 29.4 Å². The molecule has 2 aliphatic rings. The minimum atomic E-state index is -0.357. The molecule has 7 heteroatoms. The molecule has 1 aliphatic carbocycles. The van der Waals surface area contributed by atoms with Crippen LogP contribution in [0.2, 0.25) is 0 Å². The zero-order valence-corrected chi connectivity index (χ0v) is 14.7. The molecule has 0 radical (unpaired) electrons. The third-order valence-electron chi connectivity index (χ3n) is 4.20. The van der Waals surface area contributed by atoms with Crippen molar-refractivity contribution in [1.82, 2.24) is 10.2 Å². The van der Waals surface area contributed by atoms with Gasteiger partial charge in [-0.05, 0) is 30.5 Å². The van der Waals surface area contributed by atoms with Crippen LogP contribution in [0.1, 0.15) is 18.5 Å². The Morgan fingerprint density at radius 3 is 2.89 bits per heavy atom. The van der Waals surface area contributed by atoms with Gasteiger partial charge in [0.1, 0.15) is 13.2 Å². The van der Waals surface area contributed by atoms with E-state index in [0.717, 1.165) is 24.1 Å². The Labute approximate surface area is 156 Å². The fraction of sp³-hybridized carbons (Fsp3) is 0.200. The predicted molar refractivity (Wildman–Crippen MR) is 104 cm³/mol. The van der Waals surface area contributed by atoms with E-state index in [1.807, 2.05) is 18.2 Å². The van der Waals surface area contributed by atoms with Gasteiger partial charge in [-0.25, -0.2) is 4.79 Å². The molecule has 1 aromatic heterocycles. The van der Waals surface area contributed by atoms with Crippen molar-refractivity contribution in [1.29, 1.82) is 0 Å². The number of nitrogens with zero attached hydrogens (tertiary/aromatic N) is 1. The van der Waals surface area contributed by atoms with Crippen molar-refractivity contribution < 1.29 is 14.3 Å². The van der Waals surface area contributed by atoms with E-state index >= 15 is 0 Å². The Morgan fingerprint density at radius 2 is 1.96 bits per heavy atom. The fourth-order valence-electron chi connectivity index (χ4n) is 2.93. The minimum Gasteiger partial charge on any atom is -0.486 e. The second-order valence-electron chi connectivity index (χ2n) is 6.12. The van der Waals surface area contributed by atoms with Crippen LogP contribution in [-0.2, 0) is 0 Å². The van der Waals surface area contributed by atoms with Crippen LogP contribution in [0.25, 0.3) is 5.57 Å². The van der Waals surface area contributed by atoms with Gasteiger partial charge in [0.25, 0.3) is 0 Å². The Balaban J connectivity index is 1.46. The molecule has 2 heterocycles. The Bertz CT molecular complexity index is 927. The first kappa shape index (κ1) is 17.0. The lowest BCUT2D eigenvalue weighted by Crippen LogP contribution is -2.20. The maximum atomic E-state index is 12.4. The van der Waals surface area contributed by atoms with E-state index < -0.39 is 0 Å². The predicted octanol–water partition coefficient (Wildman–Crippen LogP) is 4.11. The van der Waals surface area contributed by atoms with Crippen LogP contribution < -0.4 is 20.1 Å². The number of aromatic nitrogens is 2. The number of H-pyrrole nitrogens is 1. The molecule has 0 spiro atoms. The smallest absolute Gasteiger partial charge is 0.323 e. The molecule has 1 aromatic carbocycles. The number of hydrogen-bond acceptors (Lipinski definition) is 4. The van der Waals surface area contributed by atoms with Crippen LogP contribution in [0.5, 0.6) is 11.5 Å². The summed E-state index contributed by atoms with van der Waals surface area (Å²) < 4.78 is 11.0. The van der Waals surface area contributed by atoms with Crippen LogP contribution in [0.15, 0.2) is 54.8 Å². The van der Waals surface area contributed by atoms with Gasteiger partial charge in [-0.1, -0.05) is 30.4 Å². The zero-order valence-electron chi connectivity index (χ0n) is 14.7. The number of fused-ring (bicyclic) bond motifs is 1. The highest BCUT2D eigenvalue weighted by atomic mass is 16.6. The van der Waals surface area contributed by atoms with E-state index in [2.05, 4.69) is 33.0 Å². The first-order valence-electron chi connectivity index (χ1n) is 8.84. The Hall–Kier alpha value is -3.48. The SMILES string of the molecule is O=C(Nc1ccc2c(c1)OCCO2)Nc1cn[nH]c1C1=CCC/C=C/C=C1. The van der Waals surface area contributed by atoms with E-state index in [1.54, 1.807) is 24.4 Å². The standard InChI is InChI=1S/C20H20N4O3/c25-20(22-15-8-9-17-18(12-15)27-11-10-26-17)23-16-13-21-24-19(16)14-6-4-2-1-3-5-7-14/h1-2,4,6-9,12-13H,3,5,10-11H2,(H,21,24)(H2,22,23,25)/b2-1+,6-4?,14-7?. The van der Waals surface area contributed by atoms with Crippen molar-refractivity contribution in [2.75, 3.05) is 23.8 Å². The van der Waals surface area contributed by atoms with E-state index in [9.17, 15) is 4.79 Å². The average Bonchev–Trinajstić information content (AvgIpc) is 3.09. The highest BCUT2D eigenvalue weighted by molar-refractivity contribution is 6.01. The summed E-state index contributed by atoms with van der Waals surface area (Å²) in [5.74, 6) is 1.31. The average molecular weight is 364 g/mol. The number of urea groups is 1. The number of rotatable bonds is 3. The number of amides is 2. The maximum Gasteiger partial charge on any atom is 0.323 e. The minimum absolute atomic E-state index is 0.357. The first-order chi connectivity index (χ1) is 13.3. The highest BCUT2D eigenvalue weighted by Gasteiger charge is 2.15. The number of hydrogen-bond donors (Lipinski definition) is 3. The van der Waals surface area contributed by atoms with Crippen LogP contribution in [0.4, 0.5) is 16.2 Å². The molecule has 0 saturated carbocycles. The summed E-state index contributed by atoms with van der Waals surface area (Å²) in [4.78, 5) is 12.4. The maximum absolute atomic E-state index is 12.4. The lowest BCUT2D eigenvalue weighted by atomic mass is 10.1. The van der Waals surface area contributed by atoms with E-state index in [-0.39, 0.29) is 6.03 Å². The first-order valence-corrected chi connectivity index (χ1v) is 8.84. The van der Waals surface area contributed by atoms with Crippen molar-refractivity contribution in [3.8, 4) is 11.5 Å². The van der Waals surface area contributed by atoms with Crippen molar-refractivity contribution in [2.45, 2.75) is 12.8 Å². The molecule has 0 bridgehead atoms. The van der Waals surface area contributed by atoms with Gasteiger partial charge < -0.3 is 20.1 Å². The second kappa shape index (κ2) is 7.82. The number of benzene rings is 1. The van der Waals surface area contributed by atoms with Gasteiger partial charge in [0.2, 0.25) is 0 Å². The molecule has 3 N–H and O–H groups in total. The quantitative estimate of drug-likeness (QED) is 0.765. The summed E-state index contributed by atoms with van der Waals surface area (Å²) in [6.45, 7) is 1.03. The third-order valence-corrected chi connectivity index (χ3v) is 4.20. The van der Waals surface area contributed by atoms with Gasteiger partial charge in [-0.15, -0.1) is 0 Å². The van der Waals surface area contributed by atoms with Crippen molar-refractivity contribution in [3.63, 3.8) is 0 Å². The van der Waals surface area contributed by atoms with Gasteiger partial charge in [0.15, 0.2) is 11.5 Å². The molecular formula is C20H20N4O3. The summed E-state index contributed by atoms with van der Waals surface area (Å²) in [5.41, 5.74) is 3.01. The molecule has 0 unspecified atom stereocenters. The number of carbonyl (C=O) groups is 1. The van der Waals surface area contributed by atoms with Crippen LogP contribution in [0.3, 0.4) is 0 Å². The van der Waals surface area contributed by atoms with Crippen molar-refractivity contribution in [3.05, 3.63) is 60.5 Å². The molecular weight excluding hydrogens is 344 g/mol. The molecule has 1 aliphatic heterocycles. The fourth-order valence-corrected chi connectivity index (χ4v) is 2.93. The number of carbonyl (C=O) groups excluding carboxylic acids is 1. The summed E-state index contributed by atoms with van der Waals surface area (Å²) >= 11 is 0. The Morgan fingerprint density at radius 1 is 1.07 bits per heavy atom. The van der Waals surface area contributed by atoms with Gasteiger partial charge >= 0.3 is 6.03 Å². The number of aromatic amines is 1. The third kappa shape index (κ3) is 4.03. The molecule has 2 amide bonds. The monoisotopic (exact) mass is 364 g/mol. The van der Waals surface area contributed by atoms with E-state index in [0.29, 0.717) is 36.1 Å². The number of ether oxygens (including phenoxy) is 2. The molecule has 0 saturated heterocycles. The normalized spacial score (nSPS) is 16.7. The Kier molecular flexibility index (Phi) is 4.91. The van der Waals surface area contributed by atoms with Gasteiger partial charge in [-0.3, -0.25) is 5.10 Å². The molecule has 7 nitrogen and oxygen atoms in total. The van der Waals surface area contributed by atoms with E-state index in [4.69, 9.17) is 9.47 Å². The summed E-state index contributed by atoms with van der Waals surface area (Å²) in [6.07, 6.45) is 13.7. The molecule has 0 fully saturated rings. The largest absolute Gasteiger partial charge is 0.486 e. The van der Waals surface area contributed by atoms with Crippen LogP contribution >= 0.6 is 0 Å². The second-order valence-corrected chi connectivity index (χ2v) is 6.12. The van der Waals surface area contributed by atoms with E-state index in [1.165, 1.54) is 0 Å². The van der Waals surface area contributed by atoms with Crippen molar-refractivity contribution >= 4 is 23.0 Å². The zero-order chi connectivity index (χ0) is 18.5. The summed E-state index contributed by atoms with van der Waals surface area (Å²) in [7, 11) is 0. The van der Waals surface area contributed by atoms with Crippen LogP contribution in [0, 0.1) is 0 Å². The molecule has 2 aromatic rings. The van der Waals surface area contributed by atoms with Gasteiger partial charge in [-0.2, -0.15) is 5.10 Å². The molecule has 0 atom stereocenters. The van der Waals surface area contributed by atoms with Gasteiger partial charge in [0.05, 0.1) is 17.6 Å². The molecule has 4 rings (SSSR count).